The van der Waals surface area contributed by atoms with E-state index in [9.17, 15) is 19.8 Å². The maximum atomic E-state index is 12.0. The molecule has 1 aliphatic heterocycles. The van der Waals surface area contributed by atoms with Gasteiger partial charge in [-0.1, -0.05) is 17.7 Å². The molecular formula is C14H9ClO5. The highest BCUT2D eigenvalue weighted by atomic mass is 35.5. The predicted octanol–water partition coefficient (Wildman–Crippen LogP) is 2.04. The number of benzene rings is 2. The predicted molar refractivity (Wildman–Crippen MR) is 71.1 cm³/mol. The number of rotatable bonds is 1. The molecule has 1 unspecified atom stereocenters. The molecule has 0 aromatic heterocycles. The summed E-state index contributed by atoms with van der Waals surface area (Å²) < 4.78 is 4.78. The van der Waals surface area contributed by atoms with Crippen molar-refractivity contribution >= 4 is 34.6 Å². The average molecular weight is 293 g/mol. The molecule has 3 rings (SSSR count). The van der Waals surface area contributed by atoms with E-state index in [0.29, 0.717) is 22.1 Å². The number of fused-ring (bicyclic) bond motifs is 3. The Bertz CT molecular complexity index is 753. The quantitative estimate of drug-likeness (QED) is 0.621. The standard InChI is InChI=1S/C14H9ClO5/c15-6-1-2-7-9(3-6)13(18)10(5-16)8-4-11(17)20-14(19)12(7)8/h1-3,5,11,17-18H,4H2. The van der Waals surface area contributed by atoms with Crippen molar-refractivity contribution in [3.63, 3.8) is 0 Å². The number of aliphatic hydroxyl groups is 1. The zero-order chi connectivity index (χ0) is 14.4. The molecule has 0 amide bonds. The van der Waals surface area contributed by atoms with Gasteiger partial charge in [0.05, 0.1) is 11.1 Å². The number of aldehydes is 1. The molecule has 1 atom stereocenters. The first kappa shape index (κ1) is 12.9. The third-order valence-corrected chi connectivity index (χ3v) is 3.57. The molecule has 0 radical (unpaired) electrons. The lowest BCUT2D eigenvalue weighted by Gasteiger charge is -2.24. The van der Waals surface area contributed by atoms with Gasteiger partial charge in [0.2, 0.25) is 6.29 Å². The molecule has 0 saturated heterocycles. The molecule has 0 fully saturated rings. The molecule has 6 heteroatoms. The molecular weight excluding hydrogens is 284 g/mol. The van der Waals surface area contributed by atoms with E-state index in [1.54, 1.807) is 12.1 Å². The van der Waals surface area contributed by atoms with Gasteiger partial charge in [-0.15, -0.1) is 0 Å². The maximum absolute atomic E-state index is 12.0. The molecule has 2 aromatic rings. The van der Waals surface area contributed by atoms with Crippen LogP contribution in [0.2, 0.25) is 5.02 Å². The average Bonchev–Trinajstić information content (AvgIpc) is 2.39. The van der Waals surface area contributed by atoms with E-state index in [4.69, 9.17) is 16.3 Å². The lowest BCUT2D eigenvalue weighted by Crippen LogP contribution is -2.28. The summed E-state index contributed by atoms with van der Waals surface area (Å²) in [5.74, 6) is -0.979. The van der Waals surface area contributed by atoms with Crippen LogP contribution in [0.15, 0.2) is 18.2 Å². The summed E-state index contributed by atoms with van der Waals surface area (Å²) in [7, 11) is 0. The van der Waals surface area contributed by atoms with E-state index >= 15 is 0 Å². The number of aliphatic hydroxyl groups excluding tert-OH is 1. The number of esters is 1. The highest BCUT2D eigenvalue weighted by molar-refractivity contribution is 6.31. The molecule has 0 bridgehead atoms. The summed E-state index contributed by atoms with van der Waals surface area (Å²) >= 11 is 5.87. The van der Waals surface area contributed by atoms with E-state index in [1.165, 1.54) is 6.07 Å². The van der Waals surface area contributed by atoms with Crippen molar-refractivity contribution in [3.05, 3.63) is 39.9 Å². The third kappa shape index (κ3) is 1.75. The van der Waals surface area contributed by atoms with Crippen LogP contribution >= 0.6 is 11.6 Å². The lowest BCUT2D eigenvalue weighted by molar-refractivity contribution is -0.0685. The summed E-state index contributed by atoms with van der Waals surface area (Å²) in [4.78, 5) is 23.2. The third-order valence-electron chi connectivity index (χ3n) is 3.33. The van der Waals surface area contributed by atoms with Gasteiger partial charge in [-0.25, -0.2) is 4.79 Å². The van der Waals surface area contributed by atoms with Gasteiger partial charge >= 0.3 is 5.97 Å². The lowest BCUT2D eigenvalue weighted by atomic mass is 9.90. The second-order valence-corrected chi connectivity index (χ2v) is 4.92. The Hall–Kier alpha value is -2.11. The fourth-order valence-electron chi connectivity index (χ4n) is 2.49. The zero-order valence-electron chi connectivity index (χ0n) is 10.1. The van der Waals surface area contributed by atoms with Gasteiger partial charge in [-0.3, -0.25) is 4.79 Å². The summed E-state index contributed by atoms with van der Waals surface area (Å²) in [5.41, 5.74) is 0.448. The molecule has 2 aromatic carbocycles. The van der Waals surface area contributed by atoms with Crippen LogP contribution < -0.4 is 0 Å². The van der Waals surface area contributed by atoms with Gasteiger partial charge in [-0.2, -0.15) is 0 Å². The Morgan fingerprint density at radius 2 is 2.10 bits per heavy atom. The van der Waals surface area contributed by atoms with Crippen molar-refractivity contribution in [2.24, 2.45) is 0 Å². The van der Waals surface area contributed by atoms with Crippen molar-refractivity contribution < 1.29 is 24.5 Å². The summed E-state index contributed by atoms with van der Waals surface area (Å²) in [5, 5.41) is 20.8. The highest BCUT2D eigenvalue weighted by Gasteiger charge is 2.31. The second-order valence-electron chi connectivity index (χ2n) is 4.49. The fourth-order valence-corrected chi connectivity index (χ4v) is 2.66. The van der Waals surface area contributed by atoms with Gasteiger partial charge < -0.3 is 14.9 Å². The van der Waals surface area contributed by atoms with Gasteiger partial charge in [0.1, 0.15) is 5.75 Å². The first-order valence-electron chi connectivity index (χ1n) is 5.84. The van der Waals surface area contributed by atoms with Crippen LogP contribution in [0, 0.1) is 0 Å². The smallest absolute Gasteiger partial charge is 0.341 e. The van der Waals surface area contributed by atoms with E-state index in [0.717, 1.165) is 0 Å². The minimum atomic E-state index is -1.32. The summed E-state index contributed by atoms with van der Waals surface area (Å²) in [6.45, 7) is 0. The zero-order valence-corrected chi connectivity index (χ0v) is 10.8. The normalized spacial score (nSPS) is 17.7. The van der Waals surface area contributed by atoms with Crippen LogP contribution in [0.5, 0.6) is 5.75 Å². The number of hydrogen-bond donors (Lipinski definition) is 2. The Kier molecular flexibility index (Phi) is 2.88. The van der Waals surface area contributed by atoms with Gasteiger partial charge in [-0.05, 0) is 17.7 Å². The number of aromatic hydroxyl groups is 1. The van der Waals surface area contributed by atoms with Crippen LogP contribution in [0.3, 0.4) is 0 Å². The van der Waals surface area contributed by atoms with Gasteiger partial charge in [0.15, 0.2) is 6.29 Å². The summed E-state index contributed by atoms with van der Waals surface area (Å²) in [6, 6.07) is 4.62. The van der Waals surface area contributed by atoms with Crippen LogP contribution in [0.1, 0.15) is 26.3 Å². The van der Waals surface area contributed by atoms with Crippen molar-refractivity contribution in [3.8, 4) is 5.75 Å². The Morgan fingerprint density at radius 1 is 1.35 bits per heavy atom. The Morgan fingerprint density at radius 3 is 2.80 bits per heavy atom. The van der Waals surface area contributed by atoms with E-state index in [-0.39, 0.29) is 28.9 Å². The molecule has 0 aliphatic carbocycles. The van der Waals surface area contributed by atoms with E-state index < -0.39 is 12.3 Å². The van der Waals surface area contributed by atoms with Crippen molar-refractivity contribution in [2.75, 3.05) is 0 Å². The maximum Gasteiger partial charge on any atom is 0.341 e. The number of ether oxygens (including phenoxy) is 1. The molecule has 102 valence electrons. The highest BCUT2D eigenvalue weighted by Crippen LogP contribution is 2.38. The Balaban J connectivity index is 2.49. The molecule has 1 aliphatic rings. The molecule has 2 N–H and O–H groups in total. The monoisotopic (exact) mass is 292 g/mol. The van der Waals surface area contributed by atoms with Crippen LogP contribution in [0.4, 0.5) is 0 Å². The molecule has 0 saturated carbocycles. The summed E-state index contributed by atoms with van der Waals surface area (Å²) in [6.07, 6.45) is -0.904. The number of carbonyl (C=O) groups is 2. The number of phenolic OH excluding ortho intramolecular Hbond substituents is 1. The SMILES string of the molecule is O=Cc1c2c(c3ccc(Cl)cc3c1O)C(=O)OC(O)C2. The number of halogens is 1. The topological polar surface area (TPSA) is 83.8 Å². The molecule has 0 spiro atoms. The minimum absolute atomic E-state index is 0.0227. The fraction of sp³-hybridized carbons (Fsp3) is 0.143. The van der Waals surface area contributed by atoms with E-state index in [2.05, 4.69) is 0 Å². The van der Waals surface area contributed by atoms with Crippen molar-refractivity contribution in [2.45, 2.75) is 12.7 Å². The number of cyclic esters (lactones) is 1. The first-order chi connectivity index (χ1) is 9.52. The molecule has 1 heterocycles. The van der Waals surface area contributed by atoms with Crippen LogP contribution in [0.25, 0.3) is 10.8 Å². The van der Waals surface area contributed by atoms with Gasteiger partial charge in [0.25, 0.3) is 0 Å². The molecule has 5 nitrogen and oxygen atoms in total. The number of hydrogen-bond acceptors (Lipinski definition) is 5. The van der Waals surface area contributed by atoms with Crippen molar-refractivity contribution in [1.29, 1.82) is 0 Å². The largest absolute Gasteiger partial charge is 0.507 e. The van der Waals surface area contributed by atoms with Crippen LogP contribution in [-0.2, 0) is 11.2 Å². The Labute approximate surface area is 118 Å². The van der Waals surface area contributed by atoms with Crippen molar-refractivity contribution in [1.82, 2.24) is 0 Å². The minimum Gasteiger partial charge on any atom is -0.507 e. The first-order valence-corrected chi connectivity index (χ1v) is 6.22. The second kappa shape index (κ2) is 4.47. The molecule has 20 heavy (non-hydrogen) atoms. The van der Waals surface area contributed by atoms with Gasteiger partial charge in [0, 0.05) is 22.2 Å². The number of carbonyl (C=O) groups excluding carboxylic acids is 2. The van der Waals surface area contributed by atoms with E-state index in [1.807, 2.05) is 0 Å². The number of phenols is 1. The van der Waals surface area contributed by atoms with Crippen LogP contribution in [-0.4, -0.2) is 28.8 Å².